The van der Waals surface area contributed by atoms with E-state index in [-0.39, 0.29) is 18.8 Å². The molecule has 4 nitrogen and oxygen atoms in total. The van der Waals surface area contributed by atoms with E-state index in [0.717, 1.165) is 19.3 Å². The number of hydrogen-bond acceptors (Lipinski definition) is 3. The molecule has 0 aliphatic rings. The number of alkyl halides is 1. The summed E-state index contributed by atoms with van der Waals surface area (Å²) < 4.78 is 5.61. The Labute approximate surface area is 187 Å². The summed E-state index contributed by atoms with van der Waals surface area (Å²) in [5.74, 6) is -1.41. The second-order valence-electron chi connectivity index (χ2n) is 8.37. The monoisotopic (exact) mass is 476 g/mol. The Hall–Kier alpha value is -0.580. The van der Waals surface area contributed by atoms with Crippen molar-refractivity contribution >= 4 is 27.9 Å². The third-order valence-electron chi connectivity index (χ3n) is 6.21. The highest BCUT2D eigenvalue weighted by Crippen LogP contribution is 2.31. The van der Waals surface area contributed by atoms with E-state index in [9.17, 15) is 14.7 Å². The van der Waals surface area contributed by atoms with Crippen molar-refractivity contribution in [1.82, 2.24) is 0 Å². The molecule has 0 aliphatic carbocycles. The minimum absolute atomic E-state index is 0.243. The van der Waals surface area contributed by atoms with Crippen molar-refractivity contribution in [3.63, 3.8) is 0 Å². The van der Waals surface area contributed by atoms with Gasteiger partial charge in [-0.3, -0.25) is 9.59 Å². The molecule has 2 unspecified atom stereocenters. The molecular formula is C24H45BrO4. The molecule has 0 amide bonds. The normalized spacial score (nSPS) is 13.8. The van der Waals surface area contributed by atoms with Gasteiger partial charge in [-0.25, -0.2) is 0 Å². The van der Waals surface area contributed by atoms with Gasteiger partial charge < -0.3 is 9.84 Å². The molecule has 0 aromatic carbocycles. The first kappa shape index (κ1) is 28.4. The number of carboxylic acid groups (broad SMARTS) is 1. The SMILES string of the molecule is CCCCCCCC(Br)C(CCCCCCC)COC(=O)C(CC)(CC)C(=O)O. The van der Waals surface area contributed by atoms with Crippen molar-refractivity contribution < 1.29 is 19.4 Å². The number of halogens is 1. The fourth-order valence-corrected chi connectivity index (χ4v) is 4.55. The molecule has 2 atom stereocenters. The molecule has 0 radical (unpaired) electrons. The highest BCUT2D eigenvalue weighted by molar-refractivity contribution is 9.09. The molecule has 29 heavy (non-hydrogen) atoms. The number of esters is 1. The molecule has 0 fully saturated rings. The number of hydrogen-bond donors (Lipinski definition) is 1. The first-order valence-electron chi connectivity index (χ1n) is 11.9. The number of ether oxygens (including phenoxy) is 1. The third-order valence-corrected chi connectivity index (χ3v) is 7.41. The van der Waals surface area contributed by atoms with E-state index in [4.69, 9.17) is 4.74 Å². The summed E-state index contributed by atoms with van der Waals surface area (Å²) in [7, 11) is 0. The van der Waals surface area contributed by atoms with E-state index >= 15 is 0 Å². The fourth-order valence-electron chi connectivity index (χ4n) is 3.81. The van der Waals surface area contributed by atoms with E-state index in [1.807, 2.05) is 0 Å². The lowest BCUT2D eigenvalue weighted by Gasteiger charge is -2.27. The molecule has 0 aromatic heterocycles. The van der Waals surface area contributed by atoms with Crippen LogP contribution in [0.25, 0.3) is 0 Å². The summed E-state index contributed by atoms with van der Waals surface area (Å²) in [6.07, 6.45) is 14.9. The lowest BCUT2D eigenvalue weighted by atomic mass is 9.82. The average Bonchev–Trinajstić information content (AvgIpc) is 2.70. The van der Waals surface area contributed by atoms with Crippen LogP contribution in [0.1, 0.15) is 118 Å². The minimum atomic E-state index is -1.41. The molecule has 5 heteroatoms. The van der Waals surface area contributed by atoms with Crippen molar-refractivity contribution in [3.05, 3.63) is 0 Å². The smallest absolute Gasteiger partial charge is 0.323 e. The largest absolute Gasteiger partial charge is 0.480 e. The predicted octanol–water partition coefficient (Wildman–Crippen LogP) is 7.52. The lowest BCUT2D eigenvalue weighted by Crippen LogP contribution is -2.40. The van der Waals surface area contributed by atoms with Crippen LogP contribution >= 0.6 is 15.9 Å². The minimum Gasteiger partial charge on any atom is -0.480 e. The number of carbonyl (C=O) groups excluding carboxylic acids is 1. The van der Waals surface area contributed by atoms with Crippen LogP contribution in [-0.4, -0.2) is 28.5 Å². The molecule has 0 saturated carbocycles. The van der Waals surface area contributed by atoms with E-state index in [0.29, 0.717) is 11.4 Å². The topological polar surface area (TPSA) is 63.6 Å². The van der Waals surface area contributed by atoms with Gasteiger partial charge in [-0.05, 0) is 25.7 Å². The number of carbonyl (C=O) groups is 2. The van der Waals surface area contributed by atoms with Gasteiger partial charge in [0.25, 0.3) is 0 Å². The quantitative estimate of drug-likeness (QED) is 0.0904. The van der Waals surface area contributed by atoms with E-state index in [1.165, 1.54) is 57.8 Å². The summed E-state index contributed by atoms with van der Waals surface area (Å²) in [5.41, 5.74) is -1.41. The van der Waals surface area contributed by atoms with Crippen molar-refractivity contribution in [3.8, 4) is 0 Å². The van der Waals surface area contributed by atoms with Gasteiger partial charge in [0.2, 0.25) is 0 Å². The molecule has 0 bridgehead atoms. The molecule has 0 heterocycles. The highest BCUT2D eigenvalue weighted by atomic mass is 79.9. The van der Waals surface area contributed by atoms with E-state index in [2.05, 4.69) is 29.8 Å². The van der Waals surface area contributed by atoms with Gasteiger partial charge in [0.05, 0.1) is 6.61 Å². The molecular weight excluding hydrogens is 432 g/mol. The number of unbranched alkanes of at least 4 members (excludes halogenated alkanes) is 8. The maximum Gasteiger partial charge on any atom is 0.323 e. The maximum atomic E-state index is 12.6. The number of aliphatic carboxylic acids is 1. The van der Waals surface area contributed by atoms with E-state index in [1.54, 1.807) is 13.8 Å². The Bertz CT molecular complexity index is 435. The zero-order chi connectivity index (χ0) is 22.1. The standard InChI is InChI=1S/C24H45BrO4/c1-5-9-11-13-15-17-20(21(25)18-16-14-12-10-6-2)19-29-23(28)24(7-3,8-4)22(26)27/h20-21H,5-19H2,1-4H3,(H,26,27). The summed E-state index contributed by atoms with van der Waals surface area (Å²) in [4.78, 5) is 24.6. The highest BCUT2D eigenvalue weighted by Gasteiger charge is 2.44. The number of carboxylic acids is 1. The third kappa shape index (κ3) is 10.8. The van der Waals surface area contributed by atoms with Gasteiger partial charge in [0, 0.05) is 10.7 Å². The predicted molar refractivity (Wildman–Crippen MR) is 125 cm³/mol. The second kappa shape index (κ2) is 17.1. The van der Waals surface area contributed by atoms with Gasteiger partial charge >= 0.3 is 11.9 Å². The first-order chi connectivity index (χ1) is 13.9. The second-order valence-corrected chi connectivity index (χ2v) is 9.55. The molecule has 1 N–H and O–H groups in total. The van der Waals surface area contributed by atoms with Crippen LogP contribution in [0.4, 0.5) is 0 Å². The van der Waals surface area contributed by atoms with Crippen molar-refractivity contribution in [1.29, 1.82) is 0 Å². The average molecular weight is 478 g/mol. The van der Waals surface area contributed by atoms with Gasteiger partial charge in [0.1, 0.15) is 0 Å². The Morgan fingerprint density at radius 3 is 1.76 bits per heavy atom. The molecule has 0 rings (SSSR count). The fraction of sp³-hybridized carbons (Fsp3) is 0.917. The first-order valence-corrected chi connectivity index (χ1v) is 12.9. The van der Waals surface area contributed by atoms with Crippen LogP contribution in [-0.2, 0) is 14.3 Å². The van der Waals surface area contributed by atoms with Crippen LogP contribution in [0.15, 0.2) is 0 Å². The maximum absolute atomic E-state index is 12.6. The van der Waals surface area contributed by atoms with Crippen LogP contribution < -0.4 is 0 Å². The Morgan fingerprint density at radius 1 is 0.828 bits per heavy atom. The van der Waals surface area contributed by atoms with Crippen molar-refractivity contribution in [2.24, 2.45) is 11.3 Å². The van der Waals surface area contributed by atoms with Crippen LogP contribution in [0, 0.1) is 11.3 Å². The summed E-state index contributed by atoms with van der Waals surface area (Å²) in [5, 5.41) is 9.57. The molecule has 0 spiro atoms. The zero-order valence-electron chi connectivity index (χ0n) is 19.3. The Balaban J connectivity index is 4.77. The summed E-state index contributed by atoms with van der Waals surface area (Å²) in [6, 6.07) is 0. The zero-order valence-corrected chi connectivity index (χ0v) is 20.9. The van der Waals surface area contributed by atoms with Crippen molar-refractivity contribution in [2.45, 2.75) is 122 Å². The summed E-state index contributed by atoms with van der Waals surface area (Å²) >= 11 is 3.85. The van der Waals surface area contributed by atoms with Gasteiger partial charge in [-0.15, -0.1) is 0 Å². The van der Waals surface area contributed by atoms with Crippen LogP contribution in [0.2, 0.25) is 0 Å². The number of rotatable bonds is 19. The lowest BCUT2D eigenvalue weighted by molar-refractivity contribution is -0.170. The molecule has 172 valence electrons. The molecule has 0 aliphatic heterocycles. The van der Waals surface area contributed by atoms with Gasteiger partial charge in [0.15, 0.2) is 5.41 Å². The Morgan fingerprint density at radius 2 is 1.31 bits per heavy atom. The van der Waals surface area contributed by atoms with Crippen molar-refractivity contribution in [2.75, 3.05) is 6.61 Å². The van der Waals surface area contributed by atoms with Gasteiger partial charge in [-0.2, -0.15) is 0 Å². The molecule has 0 saturated heterocycles. The van der Waals surface area contributed by atoms with Crippen LogP contribution in [0.3, 0.4) is 0 Å². The van der Waals surface area contributed by atoms with Crippen LogP contribution in [0.5, 0.6) is 0 Å². The van der Waals surface area contributed by atoms with Gasteiger partial charge in [-0.1, -0.05) is 108 Å². The molecule has 0 aromatic rings. The Kier molecular flexibility index (Phi) is 16.8. The summed E-state index contributed by atoms with van der Waals surface area (Å²) in [6.45, 7) is 8.24. The van der Waals surface area contributed by atoms with E-state index < -0.39 is 17.4 Å².